The van der Waals surface area contributed by atoms with Crippen LogP contribution in [0.3, 0.4) is 0 Å². The van der Waals surface area contributed by atoms with Gasteiger partial charge in [0.05, 0.1) is 42.5 Å². The molecule has 0 atom stereocenters. The Morgan fingerprint density at radius 3 is 2.24 bits per heavy atom. The Morgan fingerprint density at radius 2 is 1.61 bits per heavy atom. The molecule has 0 spiro atoms. The highest BCUT2D eigenvalue weighted by Gasteiger charge is 2.29. The van der Waals surface area contributed by atoms with E-state index in [1.54, 1.807) is 24.3 Å². The maximum absolute atomic E-state index is 13.0. The van der Waals surface area contributed by atoms with Crippen molar-refractivity contribution in [3.63, 3.8) is 0 Å². The molecule has 2 amide bonds. The maximum Gasteiger partial charge on any atom is 0.338 e. The Kier molecular flexibility index (Phi) is 9.87. The van der Waals surface area contributed by atoms with Gasteiger partial charge in [0.2, 0.25) is 5.91 Å². The van der Waals surface area contributed by atoms with Crippen molar-refractivity contribution in [2.24, 2.45) is 0 Å². The molecule has 1 aromatic heterocycles. The summed E-state index contributed by atoms with van der Waals surface area (Å²) in [6.07, 6.45) is 0. The number of carbonyl (C=O) groups excluding carboxylic acids is 2. The SMILES string of the molecule is Cc1ccc(-c2csc(NC(=O)CSc3cccc(NC(=O)c4c(Cl)c(Cl)c(Cl)c(Cl)c4C(=O)O)c3)c2C#N)cc1. The first-order valence-electron chi connectivity index (χ1n) is 11.5. The highest BCUT2D eigenvalue weighted by atomic mass is 35.5. The molecule has 13 heteroatoms. The zero-order valence-electron chi connectivity index (χ0n) is 20.9. The zero-order valence-corrected chi connectivity index (χ0v) is 25.5. The molecule has 7 nitrogen and oxygen atoms in total. The van der Waals surface area contributed by atoms with E-state index in [9.17, 15) is 24.8 Å². The summed E-state index contributed by atoms with van der Waals surface area (Å²) in [4.78, 5) is 38.2. The van der Waals surface area contributed by atoms with Crippen molar-refractivity contribution in [3.05, 3.63) is 96.3 Å². The third kappa shape index (κ3) is 6.81. The second-order valence-corrected chi connectivity index (χ2v) is 11.9. The average Bonchev–Trinajstić information content (AvgIpc) is 3.35. The number of amides is 2. The summed E-state index contributed by atoms with van der Waals surface area (Å²) in [6, 6.07) is 16.5. The average molecular weight is 665 g/mol. The van der Waals surface area contributed by atoms with Gasteiger partial charge in [0.1, 0.15) is 11.1 Å². The van der Waals surface area contributed by atoms with Crippen molar-refractivity contribution in [2.45, 2.75) is 11.8 Å². The van der Waals surface area contributed by atoms with Crippen LogP contribution in [-0.4, -0.2) is 28.6 Å². The highest BCUT2D eigenvalue weighted by molar-refractivity contribution is 8.00. The number of thiophene rings is 1. The molecule has 0 saturated heterocycles. The van der Waals surface area contributed by atoms with Crippen molar-refractivity contribution >= 4 is 98.0 Å². The molecule has 0 radical (unpaired) electrons. The third-order valence-corrected chi connectivity index (χ3v) is 9.38. The lowest BCUT2D eigenvalue weighted by atomic mass is 10.0. The summed E-state index contributed by atoms with van der Waals surface area (Å²) >= 11 is 26.7. The number of nitrogens with one attached hydrogen (secondary N) is 2. The minimum Gasteiger partial charge on any atom is -0.478 e. The first kappa shape index (κ1) is 30.7. The van der Waals surface area contributed by atoms with Gasteiger partial charge in [-0.25, -0.2) is 4.79 Å². The number of hydrogen-bond donors (Lipinski definition) is 3. The Bertz CT molecular complexity index is 1730. The van der Waals surface area contributed by atoms with Crippen LogP contribution < -0.4 is 10.6 Å². The molecule has 4 aromatic rings. The minimum atomic E-state index is -1.51. The van der Waals surface area contributed by atoms with Gasteiger partial charge < -0.3 is 15.7 Å². The van der Waals surface area contributed by atoms with Crippen LogP contribution in [0.4, 0.5) is 10.7 Å². The number of thioether (sulfide) groups is 1. The molecule has 0 aliphatic carbocycles. The molecule has 0 unspecified atom stereocenters. The summed E-state index contributed by atoms with van der Waals surface area (Å²) in [6.45, 7) is 1.98. The van der Waals surface area contributed by atoms with Crippen molar-refractivity contribution in [1.82, 2.24) is 0 Å². The molecule has 0 aliphatic heterocycles. The smallest absolute Gasteiger partial charge is 0.338 e. The minimum absolute atomic E-state index is 0.0252. The summed E-state index contributed by atoms with van der Waals surface area (Å²) in [5.74, 6) is -2.66. The van der Waals surface area contributed by atoms with Gasteiger partial charge in [0.25, 0.3) is 5.91 Å². The summed E-state index contributed by atoms with van der Waals surface area (Å²) in [7, 11) is 0. The summed E-state index contributed by atoms with van der Waals surface area (Å²) in [5.41, 5.74) is 2.41. The number of nitriles is 1. The number of benzene rings is 3. The monoisotopic (exact) mass is 663 g/mol. The van der Waals surface area contributed by atoms with Crippen molar-refractivity contribution in [3.8, 4) is 17.2 Å². The van der Waals surface area contributed by atoms with Crippen LogP contribution in [0, 0.1) is 18.3 Å². The van der Waals surface area contributed by atoms with Crippen molar-refractivity contribution in [2.75, 3.05) is 16.4 Å². The lowest BCUT2D eigenvalue weighted by Crippen LogP contribution is -2.18. The molecule has 0 bridgehead atoms. The molecule has 0 fully saturated rings. The molecule has 3 aromatic carbocycles. The van der Waals surface area contributed by atoms with Crippen LogP contribution in [0.15, 0.2) is 58.8 Å². The van der Waals surface area contributed by atoms with Gasteiger partial charge in [-0.05, 0) is 30.7 Å². The standard InChI is InChI=1S/C28H17Cl4N3O4S2/c1-13-5-7-14(8-6-13)18-11-41-27(17(18)10-33)35-19(36)12-40-16-4-2-3-15(9-16)34-26(37)20-21(28(38)39)23(30)25(32)24(31)22(20)29/h2-9,11H,12H2,1H3,(H,34,37)(H,35,36)(H,38,39). The number of carboxylic acids is 1. The van der Waals surface area contributed by atoms with Crippen molar-refractivity contribution in [1.29, 1.82) is 5.26 Å². The number of aromatic carboxylic acids is 1. The topological polar surface area (TPSA) is 119 Å². The normalized spacial score (nSPS) is 10.6. The van der Waals surface area contributed by atoms with Gasteiger partial charge in [-0.1, -0.05) is 82.3 Å². The number of carboxylic acid groups (broad SMARTS) is 1. The van der Waals surface area contributed by atoms with Gasteiger partial charge in [-0.3, -0.25) is 9.59 Å². The number of carbonyl (C=O) groups is 3. The first-order chi connectivity index (χ1) is 19.5. The molecular weight excluding hydrogens is 648 g/mol. The lowest BCUT2D eigenvalue weighted by Gasteiger charge is -2.14. The fraction of sp³-hybridized carbons (Fsp3) is 0.0714. The van der Waals surface area contributed by atoms with Crippen molar-refractivity contribution < 1.29 is 19.5 Å². The maximum atomic E-state index is 13.0. The molecule has 1 heterocycles. The molecule has 3 N–H and O–H groups in total. The lowest BCUT2D eigenvalue weighted by molar-refractivity contribution is -0.113. The van der Waals surface area contributed by atoms with E-state index in [-0.39, 0.29) is 26.7 Å². The van der Waals surface area contributed by atoms with E-state index in [1.807, 2.05) is 36.6 Å². The molecule has 208 valence electrons. The van der Waals surface area contributed by atoms with E-state index in [0.29, 0.717) is 21.1 Å². The fourth-order valence-electron chi connectivity index (χ4n) is 3.72. The summed E-state index contributed by atoms with van der Waals surface area (Å²) < 4.78 is 0. The molecule has 0 aliphatic rings. The number of anilines is 2. The van der Waals surface area contributed by atoms with E-state index in [2.05, 4.69) is 16.7 Å². The van der Waals surface area contributed by atoms with E-state index in [0.717, 1.165) is 16.7 Å². The van der Waals surface area contributed by atoms with Crippen LogP contribution in [-0.2, 0) is 4.79 Å². The fourth-order valence-corrected chi connectivity index (χ4v) is 6.43. The van der Waals surface area contributed by atoms with Gasteiger partial charge in [-0.2, -0.15) is 5.26 Å². The number of nitrogens with zero attached hydrogens (tertiary/aromatic N) is 1. The van der Waals surface area contributed by atoms with Gasteiger partial charge in [-0.15, -0.1) is 23.1 Å². The van der Waals surface area contributed by atoms with E-state index in [1.165, 1.54) is 23.1 Å². The van der Waals surface area contributed by atoms with Gasteiger partial charge in [0, 0.05) is 21.5 Å². The number of aryl methyl sites for hydroxylation is 1. The Balaban J connectivity index is 1.45. The highest BCUT2D eigenvalue weighted by Crippen LogP contribution is 2.42. The first-order valence-corrected chi connectivity index (χ1v) is 14.9. The predicted molar refractivity (Wildman–Crippen MR) is 166 cm³/mol. The molecular formula is C28H17Cl4N3O4S2. The van der Waals surface area contributed by atoms with Gasteiger partial charge in [0.15, 0.2) is 0 Å². The Hall–Kier alpha value is -3.23. The van der Waals surface area contributed by atoms with Crippen LogP contribution in [0.1, 0.15) is 31.8 Å². The van der Waals surface area contributed by atoms with E-state index in [4.69, 9.17) is 46.4 Å². The van der Waals surface area contributed by atoms with Crippen LogP contribution >= 0.6 is 69.5 Å². The van der Waals surface area contributed by atoms with E-state index >= 15 is 0 Å². The number of halogens is 4. The molecule has 41 heavy (non-hydrogen) atoms. The van der Waals surface area contributed by atoms with Crippen LogP contribution in [0.2, 0.25) is 20.1 Å². The van der Waals surface area contributed by atoms with Gasteiger partial charge >= 0.3 is 5.97 Å². The molecule has 0 saturated carbocycles. The Morgan fingerprint density at radius 1 is 0.951 bits per heavy atom. The third-order valence-electron chi connectivity index (χ3n) is 5.69. The number of rotatable bonds is 8. The number of hydrogen-bond acceptors (Lipinski definition) is 6. The quantitative estimate of drug-likeness (QED) is 0.0983. The Labute approximate surface area is 263 Å². The molecule has 4 rings (SSSR count). The second-order valence-electron chi connectivity index (χ2n) is 8.46. The second kappa shape index (κ2) is 13.2. The van der Waals surface area contributed by atoms with E-state index < -0.39 is 28.0 Å². The van der Waals surface area contributed by atoms with Crippen LogP contribution in [0.5, 0.6) is 0 Å². The zero-order chi connectivity index (χ0) is 29.8. The van der Waals surface area contributed by atoms with Crippen LogP contribution in [0.25, 0.3) is 11.1 Å². The predicted octanol–water partition coefficient (Wildman–Crippen LogP) is 8.89. The largest absolute Gasteiger partial charge is 0.478 e. The summed E-state index contributed by atoms with van der Waals surface area (Å²) in [5, 5.41) is 25.7.